The van der Waals surface area contributed by atoms with Crippen LogP contribution in [0, 0.1) is 0 Å². The van der Waals surface area contributed by atoms with Crippen LogP contribution in [0.25, 0.3) is 0 Å². The summed E-state index contributed by atoms with van der Waals surface area (Å²) in [7, 11) is 0. The number of rotatable bonds is 8. The molecule has 0 aliphatic carbocycles. The number of nitrogens with one attached hydrogen (secondary N) is 2. The summed E-state index contributed by atoms with van der Waals surface area (Å²) in [6.07, 6.45) is 9.77. The highest BCUT2D eigenvalue weighted by molar-refractivity contribution is 6.04. The average Bonchev–Trinajstić information content (AvgIpc) is 2.66. The Morgan fingerprint density at radius 3 is 2.30 bits per heavy atom. The van der Waals surface area contributed by atoms with Crippen LogP contribution >= 0.6 is 0 Å². The summed E-state index contributed by atoms with van der Waals surface area (Å²) in [5.41, 5.74) is -0.0692. The van der Waals surface area contributed by atoms with Crippen molar-refractivity contribution in [1.29, 1.82) is 0 Å². The zero-order valence-electron chi connectivity index (χ0n) is 13.6. The molecular formula is C16H31N3O. The molecule has 0 saturated heterocycles. The van der Waals surface area contributed by atoms with Crippen molar-refractivity contribution in [1.82, 2.24) is 10.6 Å². The van der Waals surface area contributed by atoms with Crippen LogP contribution in [0.1, 0.15) is 79.1 Å². The quantitative estimate of drug-likeness (QED) is 0.670. The minimum Gasteiger partial charge on any atom is -0.351 e. The number of carbonyl (C=O) groups is 1. The molecule has 1 atom stereocenters. The summed E-state index contributed by atoms with van der Waals surface area (Å²) in [6, 6.07) is -0.185. The molecule has 1 rings (SSSR count). The van der Waals surface area contributed by atoms with Gasteiger partial charge in [0.05, 0.1) is 0 Å². The van der Waals surface area contributed by atoms with Gasteiger partial charge >= 0.3 is 0 Å². The summed E-state index contributed by atoms with van der Waals surface area (Å²) in [6.45, 7) is 8.42. The Labute approximate surface area is 123 Å². The molecule has 1 aliphatic rings. The molecule has 0 bridgehead atoms. The van der Waals surface area contributed by atoms with E-state index in [2.05, 4.69) is 43.3 Å². The first-order valence-corrected chi connectivity index (χ1v) is 8.09. The average molecular weight is 281 g/mol. The summed E-state index contributed by atoms with van der Waals surface area (Å²) >= 11 is 0. The van der Waals surface area contributed by atoms with Gasteiger partial charge in [0.15, 0.2) is 5.96 Å². The van der Waals surface area contributed by atoms with Crippen molar-refractivity contribution in [2.24, 2.45) is 4.99 Å². The Morgan fingerprint density at radius 1 is 1.10 bits per heavy atom. The van der Waals surface area contributed by atoms with Gasteiger partial charge < -0.3 is 5.32 Å². The molecule has 1 unspecified atom stereocenters. The SMILES string of the molecule is CCCCCCCCCC1N=C(NC(C)(C)C)NC1=O. The lowest BCUT2D eigenvalue weighted by molar-refractivity contribution is -0.120. The van der Waals surface area contributed by atoms with Crippen LogP contribution in [0.3, 0.4) is 0 Å². The van der Waals surface area contributed by atoms with Crippen molar-refractivity contribution in [3.8, 4) is 0 Å². The van der Waals surface area contributed by atoms with E-state index in [1.54, 1.807) is 0 Å². The van der Waals surface area contributed by atoms with Gasteiger partial charge in [-0.25, -0.2) is 4.99 Å². The third-order valence-electron chi connectivity index (χ3n) is 3.40. The molecule has 116 valence electrons. The maximum atomic E-state index is 11.8. The second-order valence-electron chi connectivity index (χ2n) is 6.77. The Morgan fingerprint density at radius 2 is 1.70 bits per heavy atom. The zero-order chi connectivity index (χ0) is 15.0. The molecule has 4 nitrogen and oxygen atoms in total. The van der Waals surface area contributed by atoms with Crippen molar-refractivity contribution >= 4 is 11.9 Å². The molecule has 1 amide bonds. The van der Waals surface area contributed by atoms with E-state index in [1.165, 1.54) is 38.5 Å². The van der Waals surface area contributed by atoms with Crippen LogP contribution in [-0.4, -0.2) is 23.4 Å². The molecule has 0 radical (unpaired) electrons. The predicted octanol–water partition coefficient (Wildman–Crippen LogP) is 3.37. The Kier molecular flexibility index (Phi) is 7.03. The lowest BCUT2D eigenvalue weighted by Gasteiger charge is -2.21. The summed E-state index contributed by atoms with van der Waals surface area (Å²) in [4.78, 5) is 16.3. The smallest absolute Gasteiger partial charge is 0.251 e. The maximum absolute atomic E-state index is 11.8. The van der Waals surface area contributed by atoms with Crippen LogP contribution in [0.4, 0.5) is 0 Å². The fourth-order valence-corrected chi connectivity index (χ4v) is 2.36. The van der Waals surface area contributed by atoms with E-state index in [0.717, 1.165) is 12.8 Å². The molecule has 20 heavy (non-hydrogen) atoms. The van der Waals surface area contributed by atoms with Crippen LogP contribution in [0.2, 0.25) is 0 Å². The fourth-order valence-electron chi connectivity index (χ4n) is 2.36. The number of nitrogens with zero attached hydrogens (tertiary/aromatic N) is 1. The molecule has 4 heteroatoms. The molecule has 0 saturated carbocycles. The number of aliphatic imine (C=N–C) groups is 1. The van der Waals surface area contributed by atoms with Gasteiger partial charge in [-0.05, 0) is 27.2 Å². The van der Waals surface area contributed by atoms with E-state index in [9.17, 15) is 4.79 Å². The van der Waals surface area contributed by atoms with Crippen molar-refractivity contribution < 1.29 is 4.79 Å². The largest absolute Gasteiger partial charge is 0.351 e. The van der Waals surface area contributed by atoms with E-state index < -0.39 is 0 Å². The van der Waals surface area contributed by atoms with Crippen LogP contribution < -0.4 is 10.6 Å². The van der Waals surface area contributed by atoms with Gasteiger partial charge in [-0.15, -0.1) is 0 Å². The number of guanidine groups is 1. The minimum atomic E-state index is -0.185. The molecule has 0 spiro atoms. The summed E-state index contributed by atoms with van der Waals surface area (Å²) in [5.74, 6) is 0.679. The number of carbonyl (C=O) groups excluding carboxylic acids is 1. The van der Waals surface area contributed by atoms with E-state index in [1.807, 2.05) is 0 Å². The van der Waals surface area contributed by atoms with Crippen LogP contribution in [-0.2, 0) is 4.79 Å². The molecule has 0 aromatic rings. The summed E-state index contributed by atoms with van der Waals surface area (Å²) in [5, 5.41) is 6.05. The highest BCUT2D eigenvalue weighted by atomic mass is 16.2. The monoisotopic (exact) mass is 281 g/mol. The van der Waals surface area contributed by atoms with Crippen molar-refractivity contribution in [3.63, 3.8) is 0 Å². The molecular weight excluding hydrogens is 250 g/mol. The van der Waals surface area contributed by atoms with Gasteiger partial charge in [0.25, 0.3) is 5.91 Å². The molecule has 0 aromatic heterocycles. The second-order valence-corrected chi connectivity index (χ2v) is 6.77. The molecule has 0 fully saturated rings. The highest BCUT2D eigenvalue weighted by Gasteiger charge is 2.27. The van der Waals surface area contributed by atoms with Crippen molar-refractivity contribution in [3.05, 3.63) is 0 Å². The third-order valence-corrected chi connectivity index (χ3v) is 3.40. The van der Waals surface area contributed by atoms with Gasteiger partial charge in [0.1, 0.15) is 6.04 Å². The maximum Gasteiger partial charge on any atom is 0.251 e. The molecule has 1 aliphatic heterocycles. The third kappa shape index (κ3) is 6.92. The lowest BCUT2D eigenvalue weighted by Crippen LogP contribution is -2.46. The first kappa shape index (κ1) is 17.0. The van der Waals surface area contributed by atoms with Gasteiger partial charge in [0, 0.05) is 5.54 Å². The number of unbranched alkanes of at least 4 members (excludes halogenated alkanes) is 6. The highest BCUT2D eigenvalue weighted by Crippen LogP contribution is 2.13. The second kappa shape index (κ2) is 8.28. The standard InChI is InChI=1S/C16H31N3O/c1-5-6-7-8-9-10-11-12-13-14(20)18-15(17-13)19-16(2,3)4/h13H,5-12H2,1-4H3,(H2,17,18,19,20). The summed E-state index contributed by atoms with van der Waals surface area (Å²) < 4.78 is 0. The van der Waals surface area contributed by atoms with Gasteiger partial charge in [0.2, 0.25) is 0 Å². The van der Waals surface area contributed by atoms with Gasteiger partial charge in [-0.3, -0.25) is 10.1 Å². The van der Waals surface area contributed by atoms with Crippen LogP contribution in [0.5, 0.6) is 0 Å². The lowest BCUT2D eigenvalue weighted by atomic mass is 10.1. The Balaban J connectivity index is 2.18. The predicted molar refractivity (Wildman–Crippen MR) is 84.9 cm³/mol. The Bertz CT molecular complexity index is 331. The van der Waals surface area contributed by atoms with E-state index in [-0.39, 0.29) is 17.5 Å². The molecule has 1 heterocycles. The minimum absolute atomic E-state index is 0.0442. The number of amides is 1. The molecule has 2 N–H and O–H groups in total. The first-order valence-electron chi connectivity index (χ1n) is 8.09. The van der Waals surface area contributed by atoms with Gasteiger partial charge in [-0.2, -0.15) is 0 Å². The first-order chi connectivity index (χ1) is 9.42. The van der Waals surface area contributed by atoms with E-state index in [0.29, 0.717) is 5.96 Å². The van der Waals surface area contributed by atoms with E-state index in [4.69, 9.17) is 0 Å². The normalized spacial score (nSPS) is 18.9. The molecule has 0 aromatic carbocycles. The Hall–Kier alpha value is -1.06. The fraction of sp³-hybridized carbons (Fsp3) is 0.875. The van der Waals surface area contributed by atoms with Crippen LogP contribution in [0.15, 0.2) is 4.99 Å². The topological polar surface area (TPSA) is 53.5 Å². The number of hydrogen-bond donors (Lipinski definition) is 2. The van der Waals surface area contributed by atoms with E-state index >= 15 is 0 Å². The zero-order valence-corrected chi connectivity index (χ0v) is 13.6. The van der Waals surface area contributed by atoms with Gasteiger partial charge in [-0.1, -0.05) is 51.9 Å². The van der Waals surface area contributed by atoms with Crippen molar-refractivity contribution in [2.45, 2.75) is 90.6 Å². The number of hydrogen-bond acceptors (Lipinski definition) is 3. The van der Waals surface area contributed by atoms with Crippen molar-refractivity contribution in [2.75, 3.05) is 0 Å².